The molecule has 0 N–H and O–H groups in total. The van der Waals surface area contributed by atoms with Crippen molar-refractivity contribution < 1.29 is 13.6 Å². The van der Waals surface area contributed by atoms with Crippen LogP contribution in [0.4, 0.5) is 0 Å². The van der Waals surface area contributed by atoms with Crippen LogP contribution >= 0.6 is 11.8 Å². The van der Waals surface area contributed by atoms with Gasteiger partial charge in [0.05, 0.1) is 19.1 Å². The fourth-order valence-electron chi connectivity index (χ4n) is 0.864. The Bertz CT molecular complexity index is 339. The van der Waals surface area contributed by atoms with Crippen LogP contribution in [0.5, 0.6) is 11.5 Å². The first-order valence-electron chi connectivity index (χ1n) is 4.87. The third-order valence-corrected chi connectivity index (χ3v) is 2.02. The van der Waals surface area contributed by atoms with Crippen LogP contribution in [0.25, 0.3) is 0 Å². The number of hydrogen-bond acceptors (Lipinski definition) is 3. The molecule has 0 spiro atoms. The van der Waals surface area contributed by atoms with Gasteiger partial charge in [-0.3, -0.25) is 0 Å². The highest BCUT2D eigenvalue weighted by atomic mass is 32.2. The first-order chi connectivity index (χ1) is 6.96. The monoisotopic (exact) mass is 188 g/mol. The molecule has 0 heterocycles. The third kappa shape index (κ3) is 1.85. The van der Waals surface area contributed by atoms with Crippen LogP contribution in [0.1, 0.15) is 4.11 Å². The molecule has 0 unspecified atom stereocenters. The van der Waals surface area contributed by atoms with Crippen LogP contribution in [0.2, 0.25) is 0 Å². The molecule has 66 valence electrons. The van der Waals surface area contributed by atoms with Crippen molar-refractivity contribution in [3.63, 3.8) is 0 Å². The highest BCUT2D eigenvalue weighted by molar-refractivity contribution is 7.98. The number of methoxy groups -OCH3 is 2. The van der Waals surface area contributed by atoms with Crippen LogP contribution in [0.3, 0.4) is 0 Å². The maximum Gasteiger partial charge on any atom is 0.132 e. The quantitative estimate of drug-likeness (QED) is 0.536. The molecular weight excluding hydrogens is 173 g/mol. The van der Waals surface area contributed by atoms with Crippen LogP contribution in [-0.2, 0) is 0 Å². The number of thioether (sulfide) groups is 1. The number of rotatable bonds is 3. The van der Waals surface area contributed by atoms with Crippen molar-refractivity contribution in [2.45, 2.75) is 4.90 Å². The summed E-state index contributed by atoms with van der Waals surface area (Å²) >= 11 is 0.776. The standard InChI is InChI=1S/C9H12O2S/c1-10-7-4-5-8(11-2)9(6-7)12-3/h4-6H,1-3H3/i3+1D3. The molecule has 0 saturated carbocycles. The van der Waals surface area contributed by atoms with Crippen molar-refractivity contribution in [2.24, 2.45) is 0 Å². The minimum absolute atomic E-state index is 0.539. The Kier molecular flexibility index (Phi) is 2.04. The average Bonchev–Trinajstić information content (AvgIpc) is 2.15. The Hall–Kier alpha value is -0.830. The molecule has 1 aromatic rings. The molecule has 3 heteroatoms. The smallest absolute Gasteiger partial charge is 0.132 e. The summed E-state index contributed by atoms with van der Waals surface area (Å²) in [5.74, 6) is 1.15. The largest absolute Gasteiger partial charge is 0.497 e. The van der Waals surface area contributed by atoms with Gasteiger partial charge in [0, 0.05) is 4.11 Å². The second kappa shape index (κ2) is 4.26. The minimum Gasteiger partial charge on any atom is -0.497 e. The molecule has 0 aliphatic carbocycles. The predicted octanol–water partition coefficient (Wildman–Crippen LogP) is 2.43. The van der Waals surface area contributed by atoms with Gasteiger partial charge in [0.2, 0.25) is 0 Å². The van der Waals surface area contributed by atoms with Gasteiger partial charge in [-0.1, -0.05) is 0 Å². The van der Waals surface area contributed by atoms with Gasteiger partial charge in [0.1, 0.15) is 11.5 Å². The summed E-state index contributed by atoms with van der Waals surface area (Å²) in [6.45, 7) is 0. The first-order valence-corrected chi connectivity index (χ1v) is 4.19. The zero-order valence-electron chi connectivity index (χ0n) is 9.96. The molecule has 0 bridgehead atoms. The van der Waals surface area contributed by atoms with E-state index in [1.165, 1.54) is 14.2 Å². The van der Waals surface area contributed by atoms with E-state index in [9.17, 15) is 0 Å². The van der Waals surface area contributed by atoms with Crippen LogP contribution in [-0.4, -0.2) is 20.4 Å². The van der Waals surface area contributed by atoms with E-state index in [1.807, 2.05) is 0 Å². The van der Waals surface area contributed by atoms with Crippen molar-refractivity contribution in [2.75, 3.05) is 20.4 Å². The summed E-state index contributed by atoms with van der Waals surface area (Å²) in [5, 5.41) is 0. The Morgan fingerprint density at radius 1 is 1.33 bits per heavy atom. The van der Waals surface area contributed by atoms with E-state index in [2.05, 4.69) is 0 Å². The van der Waals surface area contributed by atoms with Gasteiger partial charge >= 0.3 is 0 Å². The molecule has 0 atom stereocenters. The zero-order chi connectivity index (χ0) is 11.5. The van der Waals surface area contributed by atoms with E-state index in [0.717, 1.165) is 11.8 Å². The lowest BCUT2D eigenvalue weighted by Gasteiger charge is -2.07. The molecular formula is C9H12O2S. The number of ether oxygens (including phenoxy) is 2. The summed E-state index contributed by atoms with van der Waals surface area (Å²) in [7, 11) is 3.04. The van der Waals surface area contributed by atoms with Crippen LogP contribution < -0.4 is 9.47 Å². The van der Waals surface area contributed by atoms with E-state index < -0.39 is 6.18 Å². The van der Waals surface area contributed by atoms with Gasteiger partial charge in [-0.2, -0.15) is 0 Å². The fraction of sp³-hybridized carbons (Fsp3) is 0.333. The molecule has 1 rings (SSSR count). The van der Waals surface area contributed by atoms with Crippen molar-refractivity contribution in [1.29, 1.82) is 0 Å². The number of benzene rings is 1. The first kappa shape index (κ1) is 5.75. The molecule has 0 aromatic heterocycles. The molecule has 12 heavy (non-hydrogen) atoms. The highest BCUT2D eigenvalue weighted by Crippen LogP contribution is 2.30. The second-order valence-electron chi connectivity index (χ2n) is 2.12. The average molecular weight is 188 g/mol. The van der Waals surface area contributed by atoms with Gasteiger partial charge in [-0.05, 0) is 24.4 Å². The molecule has 0 saturated heterocycles. The highest BCUT2D eigenvalue weighted by Gasteiger charge is 2.02. The third-order valence-electron chi connectivity index (χ3n) is 1.48. The summed E-state index contributed by atoms with van der Waals surface area (Å²) in [6.07, 6.45) is -2.08. The molecule has 0 aliphatic rings. The lowest BCUT2D eigenvalue weighted by molar-refractivity contribution is 0.394. The lowest BCUT2D eigenvalue weighted by atomic mass is 10.3. The Morgan fingerprint density at radius 3 is 2.75 bits per heavy atom. The Labute approximate surface area is 81.1 Å². The fourth-order valence-corrected chi connectivity index (χ4v) is 1.29. The zero-order valence-corrected chi connectivity index (χ0v) is 7.77. The maximum atomic E-state index is 7.17. The molecule has 0 fully saturated rings. The molecule has 0 aliphatic heterocycles. The summed E-state index contributed by atoms with van der Waals surface area (Å²) in [5.41, 5.74) is 0. The van der Waals surface area contributed by atoms with E-state index in [4.69, 9.17) is 13.6 Å². The van der Waals surface area contributed by atoms with Crippen molar-refractivity contribution in [3.8, 4) is 11.5 Å². The lowest BCUT2D eigenvalue weighted by Crippen LogP contribution is -1.87. The van der Waals surface area contributed by atoms with Gasteiger partial charge in [0.15, 0.2) is 0 Å². The summed E-state index contributed by atoms with van der Waals surface area (Å²) in [6, 6.07) is 5.06. The summed E-state index contributed by atoms with van der Waals surface area (Å²) in [4.78, 5) is 0.553. The van der Waals surface area contributed by atoms with E-state index >= 15 is 0 Å². The van der Waals surface area contributed by atoms with Gasteiger partial charge in [-0.25, -0.2) is 0 Å². The SMILES string of the molecule is [2H][13C]([2H])([2H])Sc1cc(OC)ccc1OC. The second-order valence-corrected chi connectivity index (χ2v) is 2.76. The van der Waals surface area contributed by atoms with Gasteiger partial charge in [-0.15, -0.1) is 11.8 Å². The van der Waals surface area contributed by atoms with Crippen LogP contribution in [0.15, 0.2) is 23.1 Å². The van der Waals surface area contributed by atoms with Crippen molar-refractivity contribution in [3.05, 3.63) is 18.2 Å². The Morgan fingerprint density at radius 2 is 2.17 bits per heavy atom. The normalized spacial score (nSPS) is 14.3. The molecule has 0 amide bonds. The van der Waals surface area contributed by atoms with Crippen LogP contribution in [0, 0.1) is 0 Å². The minimum atomic E-state index is -2.08. The maximum absolute atomic E-state index is 7.17. The van der Waals surface area contributed by atoms with E-state index in [1.54, 1.807) is 18.2 Å². The molecule has 2 nitrogen and oxygen atoms in total. The number of hydrogen-bond donors (Lipinski definition) is 0. The predicted molar refractivity (Wildman–Crippen MR) is 51.3 cm³/mol. The van der Waals surface area contributed by atoms with E-state index in [0.29, 0.717) is 16.4 Å². The van der Waals surface area contributed by atoms with Crippen molar-refractivity contribution >= 4 is 11.8 Å². The topological polar surface area (TPSA) is 18.5 Å². The summed E-state index contributed by atoms with van der Waals surface area (Å²) < 4.78 is 31.6. The van der Waals surface area contributed by atoms with Gasteiger partial charge in [0.25, 0.3) is 0 Å². The molecule has 0 radical (unpaired) electrons. The van der Waals surface area contributed by atoms with Crippen molar-refractivity contribution in [1.82, 2.24) is 0 Å². The van der Waals surface area contributed by atoms with Gasteiger partial charge < -0.3 is 9.47 Å². The Balaban J connectivity index is 3.01. The molecule has 1 aromatic carbocycles. The van der Waals surface area contributed by atoms with E-state index in [-0.39, 0.29) is 0 Å².